The van der Waals surface area contributed by atoms with E-state index in [1.165, 1.54) is 20.1 Å². The summed E-state index contributed by atoms with van der Waals surface area (Å²) < 4.78 is 24.3. The molecule has 0 fully saturated rings. The Balaban J connectivity index is 3.28. The Morgan fingerprint density at radius 1 is 1.50 bits per heavy atom. The number of hydrogen-bond acceptors (Lipinski definition) is 3. The molecule has 1 rings (SSSR count). The standard InChI is InChI=1S/C12H15FO3/c1-4-16-10-7-5-6-9(11(10)15-3)12(2,13)8-14/h5-8H,4H2,1-3H3. The first kappa shape index (κ1) is 12.5. The van der Waals surface area contributed by atoms with Crippen molar-refractivity contribution in [2.45, 2.75) is 19.5 Å². The molecule has 0 aromatic heterocycles. The summed E-state index contributed by atoms with van der Waals surface area (Å²) in [5.41, 5.74) is -1.89. The van der Waals surface area contributed by atoms with E-state index in [0.717, 1.165) is 0 Å². The number of halogens is 1. The highest BCUT2D eigenvalue weighted by molar-refractivity contribution is 5.69. The van der Waals surface area contributed by atoms with E-state index in [0.29, 0.717) is 12.4 Å². The van der Waals surface area contributed by atoms with Crippen molar-refractivity contribution in [3.8, 4) is 11.5 Å². The minimum atomic E-state index is -2.07. The van der Waals surface area contributed by atoms with Crippen LogP contribution in [0.1, 0.15) is 19.4 Å². The fourth-order valence-corrected chi connectivity index (χ4v) is 1.44. The van der Waals surface area contributed by atoms with Gasteiger partial charge in [-0.25, -0.2) is 4.39 Å². The van der Waals surface area contributed by atoms with Crippen LogP contribution in [0, 0.1) is 0 Å². The van der Waals surface area contributed by atoms with Crippen molar-refractivity contribution < 1.29 is 18.7 Å². The SMILES string of the molecule is CCOc1cccc(C(C)(F)C=O)c1OC. The first-order chi connectivity index (χ1) is 7.56. The van der Waals surface area contributed by atoms with Crippen LogP contribution in [0.4, 0.5) is 4.39 Å². The van der Waals surface area contributed by atoms with Crippen LogP contribution in [-0.4, -0.2) is 20.0 Å². The lowest BCUT2D eigenvalue weighted by molar-refractivity contribution is -0.117. The number of aldehydes is 1. The first-order valence-electron chi connectivity index (χ1n) is 5.02. The van der Waals surface area contributed by atoms with Gasteiger partial charge in [0, 0.05) is 5.56 Å². The summed E-state index contributed by atoms with van der Waals surface area (Å²) in [5.74, 6) is 0.703. The number of methoxy groups -OCH3 is 1. The largest absolute Gasteiger partial charge is 0.492 e. The molecule has 0 saturated heterocycles. The van der Waals surface area contributed by atoms with Crippen LogP contribution in [-0.2, 0) is 10.5 Å². The molecular formula is C12H15FO3. The summed E-state index contributed by atoms with van der Waals surface area (Å²) in [7, 11) is 1.42. The van der Waals surface area contributed by atoms with E-state index < -0.39 is 5.67 Å². The predicted octanol–water partition coefficient (Wildman–Crippen LogP) is 2.48. The van der Waals surface area contributed by atoms with Crippen molar-refractivity contribution in [2.75, 3.05) is 13.7 Å². The van der Waals surface area contributed by atoms with E-state index in [2.05, 4.69) is 0 Å². The Morgan fingerprint density at radius 2 is 2.19 bits per heavy atom. The van der Waals surface area contributed by atoms with Crippen LogP contribution in [0.3, 0.4) is 0 Å². The first-order valence-corrected chi connectivity index (χ1v) is 5.02. The third-order valence-corrected chi connectivity index (χ3v) is 2.23. The lowest BCUT2D eigenvalue weighted by atomic mass is 9.98. The van der Waals surface area contributed by atoms with Crippen LogP contribution < -0.4 is 9.47 Å². The Kier molecular flexibility index (Phi) is 3.88. The van der Waals surface area contributed by atoms with E-state index >= 15 is 0 Å². The minimum Gasteiger partial charge on any atom is -0.492 e. The second-order valence-corrected chi connectivity index (χ2v) is 3.46. The topological polar surface area (TPSA) is 35.5 Å². The second kappa shape index (κ2) is 4.96. The molecule has 0 amide bonds. The third-order valence-electron chi connectivity index (χ3n) is 2.23. The minimum absolute atomic E-state index is 0.177. The molecular weight excluding hydrogens is 211 g/mol. The van der Waals surface area contributed by atoms with Gasteiger partial charge < -0.3 is 9.47 Å². The maximum Gasteiger partial charge on any atom is 0.191 e. The van der Waals surface area contributed by atoms with E-state index in [4.69, 9.17) is 9.47 Å². The molecule has 16 heavy (non-hydrogen) atoms. The summed E-state index contributed by atoms with van der Waals surface area (Å²) in [6.07, 6.45) is 0.251. The number of hydrogen-bond donors (Lipinski definition) is 0. The summed E-state index contributed by atoms with van der Waals surface area (Å²) in [5, 5.41) is 0. The van der Waals surface area contributed by atoms with Crippen molar-refractivity contribution in [3.05, 3.63) is 23.8 Å². The number of carbonyl (C=O) groups is 1. The zero-order chi connectivity index (χ0) is 12.2. The van der Waals surface area contributed by atoms with Gasteiger partial charge in [0.25, 0.3) is 0 Å². The maximum atomic E-state index is 13.9. The van der Waals surface area contributed by atoms with E-state index in [1.807, 2.05) is 6.92 Å². The second-order valence-electron chi connectivity index (χ2n) is 3.46. The predicted molar refractivity (Wildman–Crippen MR) is 58.7 cm³/mol. The molecule has 0 N–H and O–H groups in total. The van der Waals surface area contributed by atoms with Gasteiger partial charge in [-0.15, -0.1) is 0 Å². The number of rotatable bonds is 5. The van der Waals surface area contributed by atoms with Crippen LogP contribution in [0.25, 0.3) is 0 Å². The molecule has 1 aromatic rings. The van der Waals surface area contributed by atoms with Gasteiger partial charge in [0.2, 0.25) is 0 Å². The summed E-state index contributed by atoms with van der Waals surface area (Å²) in [6, 6.07) is 4.81. The lowest BCUT2D eigenvalue weighted by Crippen LogP contribution is -2.18. The third kappa shape index (κ3) is 2.32. The van der Waals surface area contributed by atoms with E-state index in [9.17, 15) is 9.18 Å². The normalized spacial score (nSPS) is 14.0. The van der Waals surface area contributed by atoms with Crippen molar-refractivity contribution >= 4 is 6.29 Å². The molecule has 0 aliphatic rings. The monoisotopic (exact) mass is 226 g/mol. The summed E-state index contributed by atoms with van der Waals surface area (Å²) in [4.78, 5) is 10.7. The zero-order valence-corrected chi connectivity index (χ0v) is 9.62. The van der Waals surface area contributed by atoms with Crippen molar-refractivity contribution in [1.82, 2.24) is 0 Å². The molecule has 0 heterocycles. The van der Waals surface area contributed by atoms with Crippen molar-refractivity contribution in [1.29, 1.82) is 0 Å². The van der Waals surface area contributed by atoms with Gasteiger partial charge in [-0.2, -0.15) is 0 Å². The number of benzene rings is 1. The molecule has 1 aromatic carbocycles. The summed E-state index contributed by atoms with van der Waals surface area (Å²) >= 11 is 0. The molecule has 4 heteroatoms. The highest BCUT2D eigenvalue weighted by atomic mass is 19.1. The van der Waals surface area contributed by atoms with Gasteiger partial charge in [-0.1, -0.05) is 12.1 Å². The van der Waals surface area contributed by atoms with Crippen LogP contribution >= 0.6 is 0 Å². The van der Waals surface area contributed by atoms with Gasteiger partial charge in [0.05, 0.1) is 13.7 Å². The number of carbonyl (C=O) groups excluding carboxylic acids is 1. The molecule has 3 nitrogen and oxygen atoms in total. The average Bonchev–Trinajstić information content (AvgIpc) is 2.29. The van der Waals surface area contributed by atoms with Crippen LogP contribution in [0.5, 0.6) is 11.5 Å². The molecule has 0 bridgehead atoms. The fraction of sp³-hybridized carbons (Fsp3) is 0.417. The summed E-state index contributed by atoms with van der Waals surface area (Å²) in [6.45, 7) is 3.46. The molecule has 1 atom stereocenters. The average molecular weight is 226 g/mol. The van der Waals surface area contributed by atoms with Gasteiger partial charge in [-0.05, 0) is 19.9 Å². The Labute approximate surface area is 94.2 Å². The Hall–Kier alpha value is -1.58. The molecule has 88 valence electrons. The van der Waals surface area contributed by atoms with Crippen molar-refractivity contribution in [3.63, 3.8) is 0 Å². The molecule has 0 aliphatic carbocycles. The number of para-hydroxylation sites is 1. The number of alkyl halides is 1. The van der Waals surface area contributed by atoms with Gasteiger partial charge in [0.1, 0.15) is 0 Å². The number of ether oxygens (including phenoxy) is 2. The lowest BCUT2D eigenvalue weighted by Gasteiger charge is -2.19. The van der Waals surface area contributed by atoms with Crippen LogP contribution in [0.15, 0.2) is 18.2 Å². The Bertz CT molecular complexity index is 375. The van der Waals surface area contributed by atoms with E-state index in [-0.39, 0.29) is 17.6 Å². The van der Waals surface area contributed by atoms with Gasteiger partial charge in [-0.3, -0.25) is 4.79 Å². The highest BCUT2D eigenvalue weighted by Crippen LogP contribution is 2.38. The van der Waals surface area contributed by atoms with Gasteiger partial charge in [0.15, 0.2) is 23.5 Å². The molecule has 1 unspecified atom stereocenters. The molecule has 0 aliphatic heterocycles. The zero-order valence-electron chi connectivity index (χ0n) is 9.62. The van der Waals surface area contributed by atoms with E-state index in [1.54, 1.807) is 12.1 Å². The molecule has 0 spiro atoms. The van der Waals surface area contributed by atoms with Crippen molar-refractivity contribution in [2.24, 2.45) is 0 Å². The quantitative estimate of drug-likeness (QED) is 0.723. The van der Waals surface area contributed by atoms with Crippen LogP contribution in [0.2, 0.25) is 0 Å². The molecule has 0 saturated carbocycles. The Morgan fingerprint density at radius 3 is 2.69 bits per heavy atom. The maximum absolute atomic E-state index is 13.9. The smallest absolute Gasteiger partial charge is 0.191 e. The molecule has 0 radical (unpaired) electrons. The van der Waals surface area contributed by atoms with Gasteiger partial charge >= 0.3 is 0 Å². The highest BCUT2D eigenvalue weighted by Gasteiger charge is 2.30. The fourth-order valence-electron chi connectivity index (χ4n) is 1.44.